The molecule has 2 aliphatic rings. The van der Waals surface area contributed by atoms with Crippen LogP contribution in [0.3, 0.4) is 0 Å². The number of hydroxylamine groups is 1. The number of aromatic nitrogens is 1. The van der Waals surface area contributed by atoms with Gasteiger partial charge in [0.05, 0.1) is 6.04 Å². The second-order valence-corrected chi connectivity index (χ2v) is 3.35. The third-order valence-electron chi connectivity index (χ3n) is 2.45. The van der Waals surface area contributed by atoms with E-state index in [0.29, 0.717) is 6.04 Å². The van der Waals surface area contributed by atoms with E-state index in [0.717, 1.165) is 12.2 Å². The van der Waals surface area contributed by atoms with E-state index in [2.05, 4.69) is 17.1 Å². The zero-order chi connectivity index (χ0) is 8.67. The van der Waals surface area contributed by atoms with Gasteiger partial charge in [0.15, 0.2) is 5.82 Å². The smallest absolute Gasteiger partial charge is 0.153 e. The van der Waals surface area contributed by atoms with Crippen molar-refractivity contribution in [2.75, 3.05) is 5.06 Å². The molecule has 1 aliphatic heterocycles. The molecule has 1 aromatic heterocycles. The molecule has 0 saturated carbocycles. The molecule has 2 bridgehead atoms. The predicted octanol–water partition coefficient (Wildman–Crippen LogP) is 1.53. The molecule has 2 heterocycles. The van der Waals surface area contributed by atoms with Crippen LogP contribution in [0.2, 0.25) is 0 Å². The summed E-state index contributed by atoms with van der Waals surface area (Å²) in [5, 5.41) is 1.89. The number of fused-ring (bicyclic) bond motifs is 2. The van der Waals surface area contributed by atoms with Gasteiger partial charge >= 0.3 is 0 Å². The highest BCUT2D eigenvalue weighted by Crippen LogP contribution is 2.32. The van der Waals surface area contributed by atoms with Gasteiger partial charge in [-0.05, 0) is 12.1 Å². The lowest BCUT2D eigenvalue weighted by Crippen LogP contribution is -2.28. The van der Waals surface area contributed by atoms with Gasteiger partial charge in [0.25, 0.3) is 0 Å². The Hall–Kier alpha value is -1.35. The van der Waals surface area contributed by atoms with E-state index >= 15 is 0 Å². The Morgan fingerprint density at radius 1 is 1.38 bits per heavy atom. The summed E-state index contributed by atoms with van der Waals surface area (Å²) in [4.78, 5) is 9.88. The molecule has 0 radical (unpaired) electrons. The van der Waals surface area contributed by atoms with E-state index in [-0.39, 0.29) is 6.10 Å². The molecule has 1 saturated heterocycles. The molecule has 1 aliphatic carbocycles. The number of hydrogen-bond acceptors (Lipinski definition) is 3. The quantitative estimate of drug-likeness (QED) is 0.604. The molecule has 3 heteroatoms. The maximum absolute atomic E-state index is 5.63. The lowest BCUT2D eigenvalue weighted by atomic mass is 10.2. The average molecular weight is 174 g/mol. The summed E-state index contributed by atoms with van der Waals surface area (Å²) < 4.78 is 0. The maximum atomic E-state index is 5.63. The van der Waals surface area contributed by atoms with Crippen molar-refractivity contribution in [2.24, 2.45) is 0 Å². The van der Waals surface area contributed by atoms with Gasteiger partial charge in [-0.3, -0.25) is 4.84 Å². The fraction of sp³-hybridized carbons (Fsp3) is 0.300. The normalized spacial score (nSPS) is 30.0. The van der Waals surface area contributed by atoms with Crippen LogP contribution in [0, 0.1) is 0 Å². The standard InChI is InChI=1S/C10H10N2O/c1-2-6-11-10(3-1)12-8-4-5-9(7-8)13-12/h1-6,8-9H,7H2. The number of nitrogens with zero attached hydrogens (tertiary/aromatic N) is 2. The van der Waals surface area contributed by atoms with E-state index in [9.17, 15) is 0 Å². The van der Waals surface area contributed by atoms with Gasteiger partial charge in [0.2, 0.25) is 0 Å². The highest BCUT2D eigenvalue weighted by Gasteiger charge is 2.35. The molecule has 3 rings (SSSR count). The van der Waals surface area contributed by atoms with Crippen LogP contribution in [0.5, 0.6) is 0 Å². The molecule has 13 heavy (non-hydrogen) atoms. The van der Waals surface area contributed by atoms with Crippen molar-refractivity contribution in [3.63, 3.8) is 0 Å². The largest absolute Gasteiger partial charge is 0.264 e. The second kappa shape index (κ2) is 2.57. The highest BCUT2D eigenvalue weighted by atomic mass is 16.7. The lowest BCUT2D eigenvalue weighted by molar-refractivity contribution is 0.109. The predicted molar refractivity (Wildman–Crippen MR) is 49.1 cm³/mol. The fourth-order valence-corrected chi connectivity index (χ4v) is 1.83. The fourth-order valence-electron chi connectivity index (χ4n) is 1.83. The van der Waals surface area contributed by atoms with E-state index in [4.69, 9.17) is 4.84 Å². The van der Waals surface area contributed by atoms with Gasteiger partial charge in [-0.2, -0.15) is 0 Å². The van der Waals surface area contributed by atoms with Gasteiger partial charge in [-0.15, -0.1) is 0 Å². The SMILES string of the molecule is C1=CC2CC1ON2c1ccccn1. The maximum Gasteiger partial charge on any atom is 0.153 e. The molecule has 2 atom stereocenters. The van der Waals surface area contributed by atoms with Gasteiger partial charge in [0.1, 0.15) is 6.10 Å². The molecule has 2 unspecified atom stereocenters. The minimum absolute atomic E-state index is 0.270. The number of anilines is 1. The first-order chi connectivity index (χ1) is 6.43. The van der Waals surface area contributed by atoms with Crippen LogP contribution in [-0.4, -0.2) is 17.1 Å². The Balaban J connectivity index is 1.92. The zero-order valence-corrected chi connectivity index (χ0v) is 7.13. The van der Waals surface area contributed by atoms with Crippen molar-refractivity contribution in [2.45, 2.75) is 18.6 Å². The molecule has 0 N–H and O–H groups in total. The third kappa shape index (κ3) is 1.04. The van der Waals surface area contributed by atoms with Crippen LogP contribution in [-0.2, 0) is 4.84 Å². The summed E-state index contributed by atoms with van der Waals surface area (Å²) in [6.07, 6.45) is 7.42. The first-order valence-corrected chi connectivity index (χ1v) is 4.49. The van der Waals surface area contributed by atoms with Crippen LogP contribution < -0.4 is 5.06 Å². The van der Waals surface area contributed by atoms with Gasteiger partial charge in [-0.1, -0.05) is 18.2 Å². The minimum Gasteiger partial charge on any atom is -0.264 e. The summed E-state index contributed by atoms with van der Waals surface area (Å²) in [7, 11) is 0. The van der Waals surface area contributed by atoms with Crippen LogP contribution in [0.1, 0.15) is 6.42 Å². The Bertz CT molecular complexity index is 336. The molecular formula is C10H10N2O. The molecule has 66 valence electrons. The first-order valence-electron chi connectivity index (χ1n) is 4.49. The van der Waals surface area contributed by atoms with Gasteiger partial charge in [-0.25, -0.2) is 10.0 Å². The Labute approximate surface area is 76.6 Å². The lowest BCUT2D eigenvalue weighted by Gasteiger charge is -2.23. The van der Waals surface area contributed by atoms with Gasteiger partial charge < -0.3 is 0 Å². The summed E-state index contributed by atoms with van der Waals surface area (Å²) in [6.45, 7) is 0. The number of hydrogen-bond donors (Lipinski definition) is 0. The summed E-state index contributed by atoms with van der Waals surface area (Å²) >= 11 is 0. The minimum atomic E-state index is 0.270. The van der Waals surface area contributed by atoms with Crippen molar-refractivity contribution in [1.29, 1.82) is 0 Å². The Morgan fingerprint density at radius 2 is 2.38 bits per heavy atom. The summed E-state index contributed by atoms with van der Waals surface area (Å²) in [5.41, 5.74) is 0. The van der Waals surface area contributed by atoms with Crippen molar-refractivity contribution in [3.8, 4) is 0 Å². The van der Waals surface area contributed by atoms with Crippen molar-refractivity contribution >= 4 is 5.82 Å². The third-order valence-corrected chi connectivity index (χ3v) is 2.45. The van der Waals surface area contributed by atoms with Crippen molar-refractivity contribution in [3.05, 3.63) is 36.5 Å². The molecule has 0 spiro atoms. The van der Waals surface area contributed by atoms with Crippen LogP contribution >= 0.6 is 0 Å². The van der Waals surface area contributed by atoms with Crippen LogP contribution in [0.25, 0.3) is 0 Å². The summed E-state index contributed by atoms with van der Waals surface area (Å²) in [6, 6.07) is 6.24. The first kappa shape index (κ1) is 7.09. The molecule has 3 nitrogen and oxygen atoms in total. The molecule has 0 amide bonds. The number of pyridine rings is 1. The Kier molecular flexibility index (Phi) is 1.40. The molecule has 1 fully saturated rings. The number of rotatable bonds is 1. The average Bonchev–Trinajstić information content (AvgIpc) is 2.80. The molecule has 1 aromatic rings. The van der Waals surface area contributed by atoms with Gasteiger partial charge in [0, 0.05) is 12.6 Å². The Morgan fingerprint density at radius 3 is 3.00 bits per heavy atom. The molecule has 0 aromatic carbocycles. The topological polar surface area (TPSA) is 25.4 Å². The van der Waals surface area contributed by atoms with Crippen LogP contribution in [0.4, 0.5) is 5.82 Å². The zero-order valence-electron chi connectivity index (χ0n) is 7.13. The molecular weight excluding hydrogens is 164 g/mol. The monoisotopic (exact) mass is 174 g/mol. The van der Waals surface area contributed by atoms with Crippen molar-refractivity contribution in [1.82, 2.24) is 4.98 Å². The second-order valence-electron chi connectivity index (χ2n) is 3.35. The van der Waals surface area contributed by atoms with E-state index in [1.54, 1.807) is 6.20 Å². The van der Waals surface area contributed by atoms with E-state index < -0.39 is 0 Å². The van der Waals surface area contributed by atoms with E-state index in [1.807, 2.05) is 23.3 Å². The van der Waals surface area contributed by atoms with Crippen molar-refractivity contribution < 1.29 is 4.84 Å². The van der Waals surface area contributed by atoms with E-state index in [1.165, 1.54) is 0 Å². The highest BCUT2D eigenvalue weighted by molar-refractivity contribution is 5.40. The summed E-state index contributed by atoms with van der Waals surface area (Å²) in [5.74, 6) is 0.902. The van der Waals surface area contributed by atoms with Crippen LogP contribution in [0.15, 0.2) is 36.5 Å².